The van der Waals surface area contributed by atoms with Crippen LogP contribution in [0.5, 0.6) is 0 Å². The lowest BCUT2D eigenvalue weighted by molar-refractivity contribution is -0.163. The molecule has 0 saturated heterocycles. The van der Waals surface area contributed by atoms with E-state index in [4.69, 9.17) is 0 Å². The molecule has 2 aromatic heterocycles. The van der Waals surface area contributed by atoms with Crippen molar-refractivity contribution >= 4 is 16.6 Å². The van der Waals surface area contributed by atoms with E-state index in [0.717, 1.165) is 36.0 Å². The van der Waals surface area contributed by atoms with Gasteiger partial charge >= 0.3 is 12.4 Å². The number of fused-ring (bicyclic) bond motifs is 1. The van der Waals surface area contributed by atoms with Crippen LogP contribution in [0.1, 0.15) is 37.1 Å². The third-order valence-corrected chi connectivity index (χ3v) is 5.15. The van der Waals surface area contributed by atoms with E-state index in [-0.39, 0.29) is 22.2 Å². The fraction of sp³-hybridized carbons (Fsp3) is 0.350. The number of hydrogen-bond acceptors (Lipinski definition) is 4. The molecule has 178 valence electrons. The molecule has 0 radical (unpaired) electrons. The molecule has 2 atom stereocenters. The molecule has 1 N–H and O–H groups in total. The summed E-state index contributed by atoms with van der Waals surface area (Å²) in [6.45, 7) is 2.06. The average Bonchev–Trinajstić information content (AvgIpc) is 2.69. The van der Waals surface area contributed by atoms with Crippen molar-refractivity contribution in [3.8, 4) is 0 Å². The molecule has 0 aliphatic rings. The molecule has 33 heavy (non-hydrogen) atoms. The van der Waals surface area contributed by atoms with E-state index in [1.54, 1.807) is 0 Å². The quantitative estimate of drug-likeness (QED) is 0.559. The number of aryl methyl sites for hydroxylation is 1. The highest BCUT2D eigenvalue weighted by atomic mass is 19.4. The predicted octanol–water partition coefficient (Wildman–Crippen LogP) is 4.55. The first-order valence-electron chi connectivity index (χ1n) is 9.45. The Kier molecular flexibility index (Phi) is 6.03. The summed E-state index contributed by atoms with van der Waals surface area (Å²) in [4.78, 5) is 24.6. The van der Waals surface area contributed by atoms with Gasteiger partial charge in [-0.25, -0.2) is 9.07 Å². The van der Waals surface area contributed by atoms with Crippen LogP contribution in [0.3, 0.4) is 0 Å². The zero-order valence-electron chi connectivity index (χ0n) is 17.3. The van der Waals surface area contributed by atoms with Gasteiger partial charge in [0, 0.05) is 30.3 Å². The molecule has 0 amide bonds. The summed E-state index contributed by atoms with van der Waals surface area (Å²) in [5.74, 6) is -1.75. The summed E-state index contributed by atoms with van der Waals surface area (Å²) >= 11 is 0. The topological polar surface area (TPSA) is 68.9 Å². The SMILES string of the molecule is CC(n1cc2c(N[C@H](C)c3cccc(C(F)(F)F)c3F)nn(C)c(=O)c2cc1=O)C(F)(F)F. The average molecular weight is 478 g/mol. The van der Waals surface area contributed by atoms with E-state index in [2.05, 4.69) is 10.4 Å². The van der Waals surface area contributed by atoms with Gasteiger partial charge in [0.2, 0.25) is 0 Å². The minimum atomic E-state index is -4.94. The molecule has 3 rings (SSSR count). The third kappa shape index (κ3) is 4.57. The van der Waals surface area contributed by atoms with Gasteiger partial charge in [0.1, 0.15) is 11.9 Å². The minimum Gasteiger partial charge on any atom is -0.361 e. The standard InChI is InChI=1S/C20H17F7N4O2/c1-9(11-5-4-6-14(16(11)21)20(25,26)27)28-17-13-8-31(10(2)19(22,23)24)15(32)7-12(13)18(33)30(3)29-17/h4-10H,1-3H3,(H,28,29)/t9-,10?/m1/s1. The summed E-state index contributed by atoms with van der Waals surface area (Å²) in [5, 5.41) is 6.10. The molecule has 6 nitrogen and oxygen atoms in total. The van der Waals surface area contributed by atoms with E-state index >= 15 is 0 Å². The molecule has 13 heteroatoms. The van der Waals surface area contributed by atoms with Gasteiger partial charge in [-0.1, -0.05) is 12.1 Å². The van der Waals surface area contributed by atoms with Crippen LogP contribution in [-0.4, -0.2) is 20.5 Å². The Morgan fingerprint density at radius 1 is 1.03 bits per heavy atom. The summed E-state index contributed by atoms with van der Waals surface area (Å²) in [7, 11) is 1.21. The van der Waals surface area contributed by atoms with Crippen LogP contribution in [-0.2, 0) is 13.2 Å². The van der Waals surface area contributed by atoms with Gasteiger partial charge in [-0.05, 0) is 19.9 Å². The van der Waals surface area contributed by atoms with Crippen molar-refractivity contribution in [2.24, 2.45) is 7.05 Å². The van der Waals surface area contributed by atoms with Crippen LogP contribution in [0.2, 0.25) is 0 Å². The normalized spacial score (nSPS) is 14.4. The Morgan fingerprint density at radius 2 is 1.67 bits per heavy atom. The predicted molar refractivity (Wildman–Crippen MR) is 105 cm³/mol. The molecule has 1 unspecified atom stereocenters. The molecule has 0 spiro atoms. The van der Waals surface area contributed by atoms with Gasteiger partial charge in [-0.15, -0.1) is 0 Å². The maximum Gasteiger partial charge on any atom is 0.419 e. The lowest BCUT2D eigenvalue weighted by Crippen LogP contribution is -2.33. The van der Waals surface area contributed by atoms with E-state index in [9.17, 15) is 40.3 Å². The number of benzene rings is 1. The Morgan fingerprint density at radius 3 is 2.24 bits per heavy atom. The molecule has 0 saturated carbocycles. The second-order valence-corrected chi connectivity index (χ2v) is 7.41. The number of hydrogen-bond donors (Lipinski definition) is 1. The Bertz CT molecular complexity index is 1330. The van der Waals surface area contributed by atoms with Crippen molar-refractivity contribution in [3.63, 3.8) is 0 Å². The third-order valence-electron chi connectivity index (χ3n) is 5.15. The van der Waals surface area contributed by atoms with Crippen molar-refractivity contribution in [1.82, 2.24) is 14.3 Å². The minimum absolute atomic E-state index is 0.187. The van der Waals surface area contributed by atoms with Gasteiger partial charge in [-0.3, -0.25) is 9.59 Å². The highest BCUT2D eigenvalue weighted by Gasteiger charge is 2.38. The number of nitrogens with zero attached hydrogens (tertiary/aromatic N) is 3. The van der Waals surface area contributed by atoms with E-state index in [1.165, 1.54) is 14.0 Å². The number of alkyl halides is 6. The molecule has 0 aliphatic carbocycles. The molecular formula is C20H17F7N4O2. The van der Waals surface area contributed by atoms with Gasteiger partial charge in [0.15, 0.2) is 5.82 Å². The molecule has 3 aromatic rings. The molecule has 0 aliphatic heterocycles. The monoisotopic (exact) mass is 478 g/mol. The summed E-state index contributed by atoms with van der Waals surface area (Å²) in [5.41, 5.74) is -3.73. The fourth-order valence-corrected chi connectivity index (χ4v) is 3.29. The van der Waals surface area contributed by atoms with Crippen molar-refractivity contribution in [2.45, 2.75) is 38.3 Å². The number of pyridine rings is 1. The number of aromatic nitrogens is 3. The van der Waals surface area contributed by atoms with Crippen LogP contribution >= 0.6 is 0 Å². The van der Waals surface area contributed by atoms with Gasteiger partial charge in [-0.2, -0.15) is 31.4 Å². The Balaban J connectivity index is 2.17. The van der Waals surface area contributed by atoms with Gasteiger partial charge < -0.3 is 9.88 Å². The van der Waals surface area contributed by atoms with Crippen LogP contribution in [0.15, 0.2) is 40.1 Å². The molecule has 2 heterocycles. The van der Waals surface area contributed by atoms with Crippen molar-refractivity contribution < 1.29 is 30.7 Å². The number of nitrogens with one attached hydrogen (secondary N) is 1. The first-order chi connectivity index (χ1) is 15.1. The molecule has 0 bridgehead atoms. The fourth-order valence-electron chi connectivity index (χ4n) is 3.29. The maximum atomic E-state index is 14.5. The van der Waals surface area contributed by atoms with Crippen LogP contribution in [0.4, 0.5) is 36.6 Å². The Hall–Kier alpha value is -3.38. The summed E-state index contributed by atoms with van der Waals surface area (Å²) in [6.07, 6.45) is -8.92. The van der Waals surface area contributed by atoms with E-state index in [0.29, 0.717) is 10.6 Å². The first kappa shape index (κ1) is 24.3. The molecule has 0 fully saturated rings. The van der Waals surface area contributed by atoms with Crippen molar-refractivity contribution in [1.29, 1.82) is 0 Å². The number of rotatable bonds is 4. The molecular weight excluding hydrogens is 461 g/mol. The van der Waals surface area contributed by atoms with E-state index in [1.807, 2.05) is 0 Å². The number of halogens is 7. The summed E-state index contributed by atoms with van der Waals surface area (Å²) in [6, 6.07) is 0.0402. The zero-order chi connectivity index (χ0) is 24.9. The number of anilines is 1. The summed E-state index contributed by atoms with van der Waals surface area (Å²) < 4.78 is 94.4. The van der Waals surface area contributed by atoms with Crippen molar-refractivity contribution in [3.05, 3.63) is 68.1 Å². The zero-order valence-corrected chi connectivity index (χ0v) is 17.3. The van der Waals surface area contributed by atoms with Gasteiger partial charge in [0.25, 0.3) is 11.1 Å². The van der Waals surface area contributed by atoms with Gasteiger partial charge in [0.05, 0.1) is 17.0 Å². The maximum absolute atomic E-state index is 14.5. The largest absolute Gasteiger partial charge is 0.419 e. The smallest absolute Gasteiger partial charge is 0.361 e. The first-order valence-corrected chi connectivity index (χ1v) is 9.45. The van der Waals surface area contributed by atoms with Crippen molar-refractivity contribution in [2.75, 3.05) is 5.32 Å². The van der Waals surface area contributed by atoms with E-state index < -0.39 is 46.9 Å². The second kappa shape index (κ2) is 8.19. The highest BCUT2D eigenvalue weighted by molar-refractivity contribution is 5.90. The molecule has 1 aromatic carbocycles. The second-order valence-electron chi connectivity index (χ2n) is 7.41. The lowest BCUT2D eigenvalue weighted by atomic mass is 10.0. The van der Waals surface area contributed by atoms with Crippen LogP contribution in [0.25, 0.3) is 10.8 Å². The van der Waals surface area contributed by atoms with Crippen LogP contribution in [0, 0.1) is 5.82 Å². The van der Waals surface area contributed by atoms with Crippen LogP contribution < -0.4 is 16.4 Å². The highest BCUT2D eigenvalue weighted by Crippen LogP contribution is 2.35. The Labute approximate surface area is 181 Å². The lowest BCUT2D eigenvalue weighted by Gasteiger charge is -2.21.